The van der Waals surface area contributed by atoms with Crippen LogP contribution < -0.4 is 0 Å². The summed E-state index contributed by atoms with van der Waals surface area (Å²) in [5.74, 6) is 1.03. The van der Waals surface area contributed by atoms with Gasteiger partial charge in [0.15, 0.2) is 5.82 Å². The lowest BCUT2D eigenvalue weighted by molar-refractivity contribution is -0.148. The van der Waals surface area contributed by atoms with Crippen LogP contribution in [-0.4, -0.2) is 40.7 Å². The van der Waals surface area contributed by atoms with E-state index in [4.69, 9.17) is 9.26 Å². The first kappa shape index (κ1) is 15.7. The van der Waals surface area contributed by atoms with E-state index in [2.05, 4.69) is 15.0 Å². The van der Waals surface area contributed by atoms with Gasteiger partial charge >= 0.3 is 5.97 Å². The lowest BCUT2D eigenvalue weighted by Gasteiger charge is -2.32. The number of piperidine rings is 1. The molecule has 23 heavy (non-hydrogen) atoms. The van der Waals surface area contributed by atoms with Crippen LogP contribution in [0.3, 0.4) is 0 Å². The van der Waals surface area contributed by atoms with E-state index in [9.17, 15) is 4.79 Å². The van der Waals surface area contributed by atoms with Gasteiger partial charge in [-0.15, -0.1) is 0 Å². The Morgan fingerprint density at radius 1 is 1.35 bits per heavy atom. The highest BCUT2D eigenvalue weighted by Crippen LogP contribution is 2.20. The molecule has 0 spiro atoms. The third-order valence-corrected chi connectivity index (χ3v) is 4.14. The third kappa shape index (κ3) is 3.96. The average molecular weight is 315 g/mol. The summed E-state index contributed by atoms with van der Waals surface area (Å²) in [6, 6.07) is 9.82. The minimum Gasteiger partial charge on any atom is -0.468 e. The van der Waals surface area contributed by atoms with Crippen LogP contribution in [0.1, 0.15) is 36.5 Å². The van der Waals surface area contributed by atoms with Gasteiger partial charge in [0.2, 0.25) is 5.89 Å². The maximum atomic E-state index is 11.9. The quantitative estimate of drug-likeness (QED) is 0.788. The van der Waals surface area contributed by atoms with Gasteiger partial charge in [-0.05, 0) is 24.9 Å². The number of methoxy groups -OCH3 is 1. The number of likely N-dealkylation sites (tertiary alicyclic amines) is 1. The predicted molar refractivity (Wildman–Crippen MR) is 83.6 cm³/mol. The van der Waals surface area contributed by atoms with Gasteiger partial charge < -0.3 is 9.26 Å². The molecule has 1 aliphatic rings. The van der Waals surface area contributed by atoms with Crippen LogP contribution in [-0.2, 0) is 22.5 Å². The SMILES string of the molecule is COC(=O)[C@H]1CCCCN1Cc1nc(Cc2ccccc2)no1. The second kappa shape index (κ2) is 7.37. The summed E-state index contributed by atoms with van der Waals surface area (Å²) in [4.78, 5) is 18.4. The zero-order valence-corrected chi connectivity index (χ0v) is 13.3. The zero-order chi connectivity index (χ0) is 16.1. The van der Waals surface area contributed by atoms with Crippen LogP contribution in [0.2, 0.25) is 0 Å². The minimum atomic E-state index is -0.210. The fourth-order valence-electron chi connectivity index (χ4n) is 2.96. The van der Waals surface area contributed by atoms with Crippen molar-refractivity contribution in [3.8, 4) is 0 Å². The Hall–Kier alpha value is -2.21. The van der Waals surface area contributed by atoms with Crippen molar-refractivity contribution < 1.29 is 14.1 Å². The molecule has 1 aliphatic heterocycles. The van der Waals surface area contributed by atoms with E-state index in [0.717, 1.165) is 31.4 Å². The van der Waals surface area contributed by atoms with Crippen molar-refractivity contribution in [3.05, 3.63) is 47.6 Å². The standard InChI is InChI=1S/C17H21N3O3/c1-22-17(21)14-9-5-6-10-20(14)12-16-18-15(19-23-16)11-13-7-3-2-4-8-13/h2-4,7-8,14H,5-6,9-12H2,1H3/t14-/m1/s1. The largest absolute Gasteiger partial charge is 0.468 e. The van der Waals surface area contributed by atoms with Gasteiger partial charge in [0.05, 0.1) is 13.7 Å². The van der Waals surface area contributed by atoms with Crippen molar-refractivity contribution in [1.29, 1.82) is 0 Å². The Morgan fingerprint density at radius 2 is 2.17 bits per heavy atom. The molecule has 0 N–H and O–H groups in total. The average Bonchev–Trinajstić information content (AvgIpc) is 3.02. The summed E-state index contributed by atoms with van der Waals surface area (Å²) >= 11 is 0. The van der Waals surface area contributed by atoms with Crippen LogP contribution in [0, 0.1) is 0 Å². The first-order valence-corrected chi connectivity index (χ1v) is 7.93. The molecule has 1 aromatic heterocycles. The number of hydrogen-bond donors (Lipinski definition) is 0. The lowest BCUT2D eigenvalue weighted by atomic mass is 10.0. The van der Waals surface area contributed by atoms with Crippen molar-refractivity contribution >= 4 is 5.97 Å². The number of rotatable bonds is 5. The van der Waals surface area contributed by atoms with Crippen molar-refractivity contribution in [1.82, 2.24) is 15.0 Å². The topological polar surface area (TPSA) is 68.5 Å². The Morgan fingerprint density at radius 3 is 2.96 bits per heavy atom. The Labute approximate surface area is 135 Å². The van der Waals surface area contributed by atoms with Crippen molar-refractivity contribution in [2.45, 2.75) is 38.3 Å². The molecule has 2 aromatic rings. The van der Waals surface area contributed by atoms with Gasteiger partial charge in [0.25, 0.3) is 0 Å². The Balaban J connectivity index is 1.64. The highest BCUT2D eigenvalue weighted by Gasteiger charge is 2.30. The first-order valence-electron chi connectivity index (χ1n) is 7.93. The number of carbonyl (C=O) groups excluding carboxylic acids is 1. The smallest absolute Gasteiger partial charge is 0.323 e. The van der Waals surface area contributed by atoms with E-state index in [1.807, 2.05) is 30.3 Å². The fraction of sp³-hybridized carbons (Fsp3) is 0.471. The predicted octanol–water partition coefficient (Wildman–Crippen LogP) is 2.19. The molecule has 3 rings (SSSR count). The molecular formula is C17H21N3O3. The molecule has 0 bridgehead atoms. The van der Waals surface area contributed by atoms with E-state index in [1.165, 1.54) is 7.11 Å². The van der Waals surface area contributed by atoms with E-state index in [0.29, 0.717) is 24.7 Å². The van der Waals surface area contributed by atoms with Crippen LogP contribution in [0.5, 0.6) is 0 Å². The fourth-order valence-corrected chi connectivity index (χ4v) is 2.96. The molecule has 0 amide bonds. The summed E-state index contributed by atoms with van der Waals surface area (Å²) in [5, 5.41) is 4.04. The van der Waals surface area contributed by atoms with Crippen LogP contribution in [0.15, 0.2) is 34.9 Å². The van der Waals surface area contributed by atoms with Gasteiger partial charge in [-0.3, -0.25) is 9.69 Å². The summed E-state index contributed by atoms with van der Waals surface area (Å²) in [6.45, 7) is 1.33. The van der Waals surface area contributed by atoms with Crippen molar-refractivity contribution in [3.63, 3.8) is 0 Å². The summed E-state index contributed by atoms with van der Waals surface area (Å²) in [5.41, 5.74) is 1.14. The molecule has 1 aromatic carbocycles. The van der Waals surface area contributed by atoms with E-state index in [-0.39, 0.29) is 12.0 Å². The highest BCUT2D eigenvalue weighted by atomic mass is 16.5. The molecule has 0 saturated carbocycles. The molecule has 0 unspecified atom stereocenters. The maximum Gasteiger partial charge on any atom is 0.323 e. The van der Waals surface area contributed by atoms with Crippen LogP contribution in [0.25, 0.3) is 0 Å². The lowest BCUT2D eigenvalue weighted by Crippen LogP contribution is -2.44. The van der Waals surface area contributed by atoms with Crippen LogP contribution in [0.4, 0.5) is 0 Å². The number of esters is 1. The Kier molecular flexibility index (Phi) is 5.02. The van der Waals surface area contributed by atoms with E-state index < -0.39 is 0 Å². The zero-order valence-electron chi connectivity index (χ0n) is 13.3. The molecule has 1 atom stereocenters. The molecule has 6 heteroatoms. The van der Waals surface area contributed by atoms with Crippen molar-refractivity contribution in [2.75, 3.05) is 13.7 Å². The third-order valence-electron chi connectivity index (χ3n) is 4.14. The molecule has 0 aliphatic carbocycles. The number of nitrogens with zero attached hydrogens (tertiary/aromatic N) is 3. The highest BCUT2D eigenvalue weighted by molar-refractivity contribution is 5.75. The molecule has 0 radical (unpaired) electrons. The summed E-state index contributed by atoms with van der Waals surface area (Å²) in [7, 11) is 1.43. The van der Waals surface area contributed by atoms with Gasteiger partial charge in [-0.25, -0.2) is 0 Å². The van der Waals surface area contributed by atoms with E-state index in [1.54, 1.807) is 0 Å². The van der Waals surface area contributed by atoms with Crippen LogP contribution >= 0.6 is 0 Å². The number of hydrogen-bond acceptors (Lipinski definition) is 6. The normalized spacial score (nSPS) is 18.7. The monoisotopic (exact) mass is 315 g/mol. The van der Waals surface area contributed by atoms with Gasteiger partial charge in [-0.1, -0.05) is 41.9 Å². The van der Waals surface area contributed by atoms with E-state index >= 15 is 0 Å². The number of ether oxygens (including phenoxy) is 1. The number of aromatic nitrogens is 2. The molecule has 6 nitrogen and oxygen atoms in total. The van der Waals surface area contributed by atoms with Gasteiger partial charge in [0.1, 0.15) is 6.04 Å². The van der Waals surface area contributed by atoms with Gasteiger partial charge in [0, 0.05) is 6.42 Å². The molecule has 1 fully saturated rings. The molecule has 2 heterocycles. The van der Waals surface area contributed by atoms with Gasteiger partial charge in [-0.2, -0.15) is 4.98 Å². The maximum absolute atomic E-state index is 11.9. The minimum absolute atomic E-state index is 0.186. The molecule has 1 saturated heterocycles. The summed E-state index contributed by atoms with van der Waals surface area (Å²) < 4.78 is 10.2. The second-order valence-corrected chi connectivity index (χ2v) is 5.77. The summed E-state index contributed by atoms with van der Waals surface area (Å²) in [6.07, 6.45) is 3.57. The second-order valence-electron chi connectivity index (χ2n) is 5.77. The number of carbonyl (C=O) groups is 1. The Bertz CT molecular complexity index is 642. The first-order chi connectivity index (χ1) is 11.3. The molecule has 122 valence electrons. The van der Waals surface area contributed by atoms with Crippen molar-refractivity contribution in [2.24, 2.45) is 0 Å². The molecular weight excluding hydrogens is 294 g/mol. The number of benzene rings is 1.